The van der Waals surface area contributed by atoms with Gasteiger partial charge in [0.25, 0.3) is 5.56 Å². The molecule has 182 valence electrons. The van der Waals surface area contributed by atoms with E-state index in [0.717, 1.165) is 11.6 Å². The number of nitrogens with one attached hydrogen (secondary N) is 1. The summed E-state index contributed by atoms with van der Waals surface area (Å²) in [6.45, 7) is 5.87. The molecule has 2 aromatic carbocycles. The highest BCUT2D eigenvalue weighted by molar-refractivity contribution is 7.91. The monoisotopic (exact) mass is 492 g/mol. The van der Waals surface area contributed by atoms with Crippen LogP contribution >= 0.6 is 0 Å². The number of halogens is 2. The fraction of sp³-hybridized carbons (Fsp3) is 0.391. The summed E-state index contributed by atoms with van der Waals surface area (Å²) in [6, 6.07) is 8.64. The molecule has 2 heterocycles. The van der Waals surface area contributed by atoms with Crippen molar-refractivity contribution in [3.05, 3.63) is 57.9 Å². The standard InChI is InChI=1S/C23H26F2N4O4S/c1-14-12-16(15(2)26-18-6-4-5-7-19(18)34(31,32)22(24)25)20-17(13-14)21(30)28(3)23(27-20)29-8-10-33-11-9-29/h4-7,12-13,15,22,26H,8-11H2,1-3H3/t15-/m1/s1. The third-order valence-corrected chi connectivity index (χ3v) is 7.33. The summed E-state index contributed by atoms with van der Waals surface area (Å²) in [4.78, 5) is 19.5. The van der Waals surface area contributed by atoms with Crippen molar-refractivity contribution in [1.29, 1.82) is 0 Å². The van der Waals surface area contributed by atoms with Crippen LogP contribution in [0.1, 0.15) is 24.1 Å². The van der Waals surface area contributed by atoms with Crippen LogP contribution in [0.15, 0.2) is 46.1 Å². The molecule has 0 aliphatic carbocycles. The Morgan fingerprint density at radius 1 is 1.15 bits per heavy atom. The Balaban J connectivity index is 1.82. The molecule has 0 amide bonds. The summed E-state index contributed by atoms with van der Waals surface area (Å²) in [7, 11) is -3.13. The van der Waals surface area contributed by atoms with Gasteiger partial charge in [0.1, 0.15) is 0 Å². The summed E-state index contributed by atoms with van der Waals surface area (Å²) >= 11 is 0. The van der Waals surface area contributed by atoms with Gasteiger partial charge in [-0.3, -0.25) is 9.36 Å². The molecule has 1 saturated heterocycles. The van der Waals surface area contributed by atoms with Gasteiger partial charge < -0.3 is 15.0 Å². The van der Waals surface area contributed by atoms with Crippen LogP contribution in [0, 0.1) is 6.92 Å². The zero-order valence-corrected chi connectivity index (χ0v) is 19.9. The van der Waals surface area contributed by atoms with Crippen LogP contribution in [0.25, 0.3) is 10.9 Å². The maximum atomic E-state index is 13.2. The summed E-state index contributed by atoms with van der Waals surface area (Å²) in [5, 5.41) is 3.47. The molecule has 1 fully saturated rings. The average molecular weight is 493 g/mol. The van der Waals surface area contributed by atoms with Gasteiger partial charge in [0.2, 0.25) is 15.8 Å². The lowest BCUT2D eigenvalue weighted by molar-refractivity contribution is 0.121. The Morgan fingerprint density at radius 3 is 2.50 bits per heavy atom. The topological polar surface area (TPSA) is 93.5 Å². The number of hydrogen-bond donors (Lipinski definition) is 1. The number of aromatic nitrogens is 2. The molecule has 0 radical (unpaired) electrons. The molecule has 1 atom stereocenters. The van der Waals surface area contributed by atoms with Gasteiger partial charge in [0.05, 0.1) is 40.7 Å². The molecule has 11 heteroatoms. The molecule has 0 saturated carbocycles. The van der Waals surface area contributed by atoms with Crippen LogP contribution in [0.3, 0.4) is 0 Å². The number of anilines is 2. The van der Waals surface area contributed by atoms with E-state index in [-0.39, 0.29) is 11.2 Å². The maximum Gasteiger partial charge on any atom is 0.341 e. The van der Waals surface area contributed by atoms with Crippen molar-refractivity contribution in [2.24, 2.45) is 7.05 Å². The van der Waals surface area contributed by atoms with Crippen LogP contribution < -0.4 is 15.8 Å². The fourth-order valence-electron chi connectivity index (χ4n) is 4.16. The average Bonchev–Trinajstić information content (AvgIpc) is 2.82. The van der Waals surface area contributed by atoms with E-state index in [4.69, 9.17) is 9.72 Å². The van der Waals surface area contributed by atoms with Crippen molar-refractivity contribution in [3.8, 4) is 0 Å². The van der Waals surface area contributed by atoms with Crippen LogP contribution in [-0.2, 0) is 21.6 Å². The van der Waals surface area contributed by atoms with Crippen molar-refractivity contribution in [2.45, 2.75) is 30.5 Å². The third kappa shape index (κ3) is 4.37. The zero-order chi connectivity index (χ0) is 24.6. The Labute approximate surface area is 196 Å². The van der Waals surface area contributed by atoms with E-state index in [0.29, 0.717) is 48.7 Å². The molecule has 1 aromatic heterocycles. The second kappa shape index (κ2) is 9.30. The van der Waals surface area contributed by atoms with Gasteiger partial charge in [-0.1, -0.05) is 18.2 Å². The molecule has 4 rings (SSSR count). The van der Waals surface area contributed by atoms with Gasteiger partial charge in [0.15, 0.2) is 0 Å². The van der Waals surface area contributed by atoms with E-state index < -0.39 is 26.5 Å². The maximum absolute atomic E-state index is 13.2. The number of benzene rings is 2. The number of alkyl halides is 2. The van der Waals surface area contributed by atoms with Crippen LogP contribution in [0.4, 0.5) is 20.4 Å². The van der Waals surface area contributed by atoms with Crippen LogP contribution in [-0.4, -0.2) is 50.0 Å². The van der Waals surface area contributed by atoms with Crippen molar-refractivity contribution < 1.29 is 21.9 Å². The Morgan fingerprint density at radius 2 is 1.82 bits per heavy atom. The number of sulfone groups is 1. The quantitative estimate of drug-likeness (QED) is 0.565. The summed E-state index contributed by atoms with van der Waals surface area (Å²) in [5.74, 6) is -3.02. The highest BCUT2D eigenvalue weighted by atomic mass is 32.2. The SMILES string of the molecule is Cc1cc([C@@H](C)Nc2ccccc2S(=O)(=O)C(F)F)c2nc(N3CCOCC3)n(C)c(=O)c2c1. The Hall–Kier alpha value is -3.05. The third-order valence-electron chi connectivity index (χ3n) is 5.89. The summed E-state index contributed by atoms with van der Waals surface area (Å²) < 4.78 is 57.7. The molecule has 8 nitrogen and oxygen atoms in total. The number of hydrogen-bond acceptors (Lipinski definition) is 7. The van der Waals surface area contributed by atoms with Crippen molar-refractivity contribution >= 4 is 32.4 Å². The summed E-state index contributed by atoms with van der Waals surface area (Å²) in [5.41, 5.74) is 1.81. The molecular formula is C23H26F2N4O4S. The first-order valence-electron chi connectivity index (χ1n) is 10.8. The lowest BCUT2D eigenvalue weighted by Gasteiger charge is -2.29. The molecule has 1 N–H and O–H groups in total. The minimum atomic E-state index is -4.80. The van der Waals surface area contributed by atoms with Crippen molar-refractivity contribution in [1.82, 2.24) is 9.55 Å². The zero-order valence-electron chi connectivity index (χ0n) is 19.1. The molecule has 34 heavy (non-hydrogen) atoms. The van der Waals surface area contributed by atoms with Gasteiger partial charge in [-0.05, 0) is 37.6 Å². The number of aryl methyl sites for hydroxylation is 1. The first kappa shape index (κ1) is 24.1. The predicted molar refractivity (Wildman–Crippen MR) is 126 cm³/mol. The largest absolute Gasteiger partial charge is 0.378 e. The van der Waals surface area contributed by atoms with E-state index in [1.165, 1.54) is 16.7 Å². The lowest BCUT2D eigenvalue weighted by atomic mass is 10.0. The minimum absolute atomic E-state index is 0.0576. The van der Waals surface area contributed by atoms with E-state index in [9.17, 15) is 22.0 Å². The van der Waals surface area contributed by atoms with Crippen molar-refractivity contribution in [3.63, 3.8) is 0 Å². The number of fused-ring (bicyclic) bond motifs is 1. The predicted octanol–water partition coefficient (Wildman–Crippen LogP) is 3.25. The first-order valence-corrected chi connectivity index (χ1v) is 12.4. The van der Waals surface area contributed by atoms with Crippen LogP contribution in [0.5, 0.6) is 0 Å². The van der Waals surface area contributed by atoms with Gasteiger partial charge in [0, 0.05) is 25.7 Å². The molecule has 1 aliphatic rings. The van der Waals surface area contributed by atoms with Crippen LogP contribution in [0.2, 0.25) is 0 Å². The number of nitrogens with zero attached hydrogens (tertiary/aromatic N) is 3. The number of ether oxygens (including phenoxy) is 1. The normalized spacial score (nSPS) is 15.6. The number of rotatable bonds is 6. The van der Waals surface area contributed by atoms with E-state index in [1.54, 1.807) is 26.1 Å². The molecule has 0 bridgehead atoms. The Bertz CT molecular complexity index is 1390. The van der Waals surface area contributed by atoms with E-state index in [1.807, 2.05) is 17.9 Å². The smallest absolute Gasteiger partial charge is 0.341 e. The van der Waals surface area contributed by atoms with Gasteiger partial charge >= 0.3 is 5.76 Å². The number of morpholine rings is 1. The Kier molecular flexibility index (Phi) is 6.59. The van der Waals surface area contributed by atoms with Gasteiger partial charge in [-0.2, -0.15) is 8.78 Å². The molecule has 1 aliphatic heterocycles. The number of para-hydroxylation sites is 1. The molecule has 3 aromatic rings. The lowest BCUT2D eigenvalue weighted by Crippen LogP contribution is -2.40. The summed E-state index contributed by atoms with van der Waals surface area (Å²) in [6.07, 6.45) is 0. The first-order chi connectivity index (χ1) is 16.1. The minimum Gasteiger partial charge on any atom is -0.378 e. The van der Waals surface area contributed by atoms with Crippen molar-refractivity contribution in [2.75, 3.05) is 36.5 Å². The highest BCUT2D eigenvalue weighted by Gasteiger charge is 2.30. The van der Waals surface area contributed by atoms with Gasteiger partial charge in [-0.15, -0.1) is 0 Å². The molecular weight excluding hydrogens is 466 g/mol. The van der Waals surface area contributed by atoms with Gasteiger partial charge in [-0.25, -0.2) is 13.4 Å². The second-order valence-electron chi connectivity index (χ2n) is 8.29. The fourth-order valence-corrected chi connectivity index (χ4v) is 5.05. The molecule has 0 unspecified atom stereocenters. The molecule has 0 spiro atoms. The van der Waals surface area contributed by atoms with E-state index in [2.05, 4.69) is 5.32 Å². The highest BCUT2D eigenvalue weighted by Crippen LogP contribution is 2.32. The second-order valence-corrected chi connectivity index (χ2v) is 10.2. The van der Waals surface area contributed by atoms with E-state index >= 15 is 0 Å².